The van der Waals surface area contributed by atoms with Gasteiger partial charge in [0.25, 0.3) is 0 Å². The topological polar surface area (TPSA) is 34.2 Å². The summed E-state index contributed by atoms with van der Waals surface area (Å²) in [6.07, 6.45) is 0. The minimum absolute atomic E-state index is 0.598. The van der Waals surface area contributed by atoms with Crippen LogP contribution in [0.5, 0.6) is 0 Å². The number of benzene rings is 10. The molecule has 0 N–H and O–H groups in total. The standard InChI is InChI=1S/C57H37N3O/c1-4-12-38(13-5-1)40-20-22-42(23-21-40)57-58-53-37-49(30-33-55(53)61-57)59(47-28-26-44-34-43(24-25-45(44)35-47)39-14-6-2-7-15-39)48-29-32-54-52(36-48)51-31-27-41-16-10-11-19-50(41)56(51)60(54)46-17-8-3-9-18-46/h1-37H. The molecule has 10 aromatic carbocycles. The Hall–Kier alpha value is -8.21. The van der Waals surface area contributed by atoms with Crippen LogP contribution in [0.15, 0.2) is 229 Å². The van der Waals surface area contributed by atoms with Crippen LogP contribution < -0.4 is 4.90 Å². The molecule has 0 aliphatic heterocycles. The van der Waals surface area contributed by atoms with Crippen molar-refractivity contribution < 1.29 is 4.42 Å². The molecule has 2 heterocycles. The van der Waals surface area contributed by atoms with Gasteiger partial charge in [-0.2, -0.15) is 0 Å². The maximum atomic E-state index is 6.40. The summed E-state index contributed by atoms with van der Waals surface area (Å²) in [5, 5.41) is 7.19. The van der Waals surface area contributed by atoms with Gasteiger partial charge in [0.1, 0.15) is 5.52 Å². The van der Waals surface area contributed by atoms with Crippen LogP contribution in [0.4, 0.5) is 17.1 Å². The molecule has 0 unspecified atom stereocenters. The van der Waals surface area contributed by atoms with Gasteiger partial charge in [-0.3, -0.25) is 0 Å². The zero-order valence-electron chi connectivity index (χ0n) is 33.1. The van der Waals surface area contributed by atoms with Crippen LogP contribution in [0, 0.1) is 0 Å². The average Bonchev–Trinajstić information content (AvgIpc) is 3.92. The third-order valence-corrected chi connectivity index (χ3v) is 12.0. The van der Waals surface area contributed by atoms with Crippen molar-refractivity contribution in [1.82, 2.24) is 9.55 Å². The summed E-state index contributed by atoms with van der Waals surface area (Å²) in [6, 6.07) is 80.0. The fourth-order valence-electron chi connectivity index (χ4n) is 9.00. The van der Waals surface area contributed by atoms with E-state index in [4.69, 9.17) is 9.40 Å². The molecular formula is C57H37N3O. The molecule has 4 heteroatoms. The second-order valence-corrected chi connectivity index (χ2v) is 15.6. The maximum absolute atomic E-state index is 6.40. The van der Waals surface area contributed by atoms with Gasteiger partial charge in [-0.05, 0) is 117 Å². The van der Waals surface area contributed by atoms with Crippen LogP contribution in [0.3, 0.4) is 0 Å². The summed E-state index contributed by atoms with van der Waals surface area (Å²) < 4.78 is 8.82. The van der Waals surface area contributed by atoms with E-state index in [1.54, 1.807) is 0 Å². The normalized spacial score (nSPS) is 11.6. The van der Waals surface area contributed by atoms with Crippen molar-refractivity contribution in [3.8, 4) is 39.4 Å². The lowest BCUT2D eigenvalue weighted by Crippen LogP contribution is -2.10. The lowest BCUT2D eigenvalue weighted by molar-refractivity contribution is 0.620. The zero-order chi connectivity index (χ0) is 40.3. The first-order valence-electron chi connectivity index (χ1n) is 20.7. The van der Waals surface area contributed by atoms with Crippen molar-refractivity contribution in [3.05, 3.63) is 224 Å². The summed E-state index contributed by atoms with van der Waals surface area (Å²) in [4.78, 5) is 7.41. The molecule has 12 aromatic rings. The number of para-hydroxylation sites is 1. The molecule has 0 bridgehead atoms. The van der Waals surface area contributed by atoms with Crippen molar-refractivity contribution in [2.24, 2.45) is 0 Å². The molecule has 0 atom stereocenters. The highest BCUT2D eigenvalue weighted by atomic mass is 16.3. The lowest BCUT2D eigenvalue weighted by Gasteiger charge is -2.26. The molecule has 61 heavy (non-hydrogen) atoms. The van der Waals surface area contributed by atoms with Crippen molar-refractivity contribution in [1.29, 1.82) is 0 Å². The third kappa shape index (κ3) is 6.04. The monoisotopic (exact) mass is 779 g/mol. The van der Waals surface area contributed by atoms with E-state index < -0.39 is 0 Å². The number of nitrogens with zero attached hydrogens (tertiary/aromatic N) is 3. The summed E-state index contributed by atoms with van der Waals surface area (Å²) in [5.74, 6) is 0.598. The van der Waals surface area contributed by atoms with E-state index in [0.29, 0.717) is 5.89 Å². The molecule has 286 valence electrons. The van der Waals surface area contributed by atoms with Crippen LogP contribution >= 0.6 is 0 Å². The quantitative estimate of drug-likeness (QED) is 0.162. The molecule has 4 nitrogen and oxygen atoms in total. The van der Waals surface area contributed by atoms with Crippen molar-refractivity contribution >= 4 is 71.5 Å². The Morgan fingerprint density at radius 1 is 0.377 bits per heavy atom. The molecule has 0 aliphatic rings. The Kier molecular flexibility index (Phi) is 8.13. The highest BCUT2D eigenvalue weighted by Gasteiger charge is 2.20. The lowest BCUT2D eigenvalue weighted by atomic mass is 10.0. The minimum Gasteiger partial charge on any atom is -0.436 e. The van der Waals surface area contributed by atoms with Gasteiger partial charge in [-0.15, -0.1) is 0 Å². The highest BCUT2D eigenvalue weighted by molar-refractivity contribution is 6.19. The summed E-state index contributed by atoms with van der Waals surface area (Å²) >= 11 is 0. The van der Waals surface area contributed by atoms with Gasteiger partial charge in [0, 0.05) is 44.5 Å². The molecule has 0 saturated heterocycles. The molecular weight excluding hydrogens is 743 g/mol. The van der Waals surface area contributed by atoms with Crippen molar-refractivity contribution in [3.63, 3.8) is 0 Å². The second kappa shape index (κ2) is 14.3. The van der Waals surface area contributed by atoms with Gasteiger partial charge in [0.15, 0.2) is 5.58 Å². The fraction of sp³-hybridized carbons (Fsp3) is 0. The predicted molar refractivity (Wildman–Crippen MR) is 254 cm³/mol. The van der Waals surface area contributed by atoms with Gasteiger partial charge >= 0.3 is 0 Å². The molecule has 0 fully saturated rings. The van der Waals surface area contributed by atoms with Crippen molar-refractivity contribution in [2.75, 3.05) is 4.90 Å². The van der Waals surface area contributed by atoms with Gasteiger partial charge < -0.3 is 13.9 Å². The molecule has 0 spiro atoms. The van der Waals surface area contributed by atoms with Crippen LogP contribution in [0.2, 0.25) is 0 Å². The number of aromatic nitrogens is 2. The van der Waals surface area contributed by atoms with Gasteiger partial charge in [-0.25, -0.2) is 4.98 Å². The smallest absolute Gasteiger partial charge is 0.227 e. The van der Waals surface area contributed by atoms with E-state index in [2.05, 4.69) is 222 Å². The molecule has 12 rings (SSSR count). The van der Waals surface area contributed by atoms with Crippen LogP contribution in [-0.4, -0.2) is 9.55 Å². The predicted octanol–water partition coefficient (Wildman–Crippen LogP) is 15.7. The first kappa shape index (κ1) is 34.8. The first-order valence-corrected chi connectivity index (χ1v) is 20.7. The summed E-state index contributed by atoms with van der Waals surface area (Å²) in [6.45, 7) is 0. The van der Waals surface area contributed by atoms with Gasteiger partial charge in [0.2, 0.25) is 5.89 Å². The maximum Gasteiger partial charge on any atom is 0.227 e. The number of anilines is 3. The van der Waals surface area contributed by atoms with E-state index in [1.807, 2.05) is 12.1 Å². The van der Waals surface area contributed by atoms with E-state index >= 15 is 0 Å². The zero-order valence-corrected chi connectivity index (χ0v) is 33.1. The number of fused-ring (bicyclic) bond motifs is 7. The van der Waals surface area contributed by atoms with Gasteiger partial charge in [0.05, 0.1) is 11.0 Å². The van der Waals surface area contributed by atoms with E-state index in [9.17, 15) is 0 Å². The largest absolute Gasteiger partial charge is 0.436 e. The molecule has 0 aliphatic carbocycles. The van der Waals surface area contributed by atoms with E-state index in [1.165, 1.54) is 54.5 Å². The van der Waals surface area contributed by atoms with Crippen molar-refractivity contribution in [2.45, 2.75) is 0 Å². The molecule has 0 amide bonds. The number of hydrogen-bond acceptors (Lipinski definition) is 3. The van der Waals surface area contributed by atoms with Crippen LogP contribution in [0.25, 0.3) is 93.8 Å². The SMILES string of the molecule is c1ccc(-c2ccc(-c3nc4cc(N(c5ccc6cc(-c7ccccc7)ccc6c5)c5ccc6c(c5)c5ccc7ccccc7c5n6-c5ccccc5)ccc4o3)cc2)cc1. The number of hydrogen-bond donors (Lipinski definition) is 0. The Morgan fingerprint density at radius 3 is 1.75 bits per heavy atom. The molecule has 0 saturated carbocycles. The van der Waals surface area contributed by atoms with Gasteiger partial charge in [-0.1, -0.05) is 146 Å². The van der Waals surface area contributed by atoms with E-state index in [0.717, 1.165) is 50.5 Å². The first-order chi connectivity index (χ1) is 30.2. The summed E-state index contributed by atoms with van der Waals surface area (Å²) in [5.41, 5.74) is 13.8. The number of oxazole rings is 1. The number of rotatable bonds is 7. The third-order valence-electron chi connectivity index (χ3n) is 12.0. The molecule has 0 radical (unpaired) electrons. The Balaban J connectivity index is 1.02. The Labute approximate surface area is 352 Å². The Morgan fingerprint density at radius 2 is 0.951 bits per heavy atom. The van der Waals surface area contributed by atoms with Crippen LogP contribution in [-0.2, 0) is 0 Å². The summed E-state index contributed by atoms with van der Waals surface area (Å²) in [7, 11) is 0. The molecule has 2 aromatic heterocycles. The van der Waals surface area contributed by atoms with Crippen LogP contribution in [0.1, 0.15) is 0 Å². The fourth-order valence-corrected chi connectivity index (χ4v) is 9.00. The Bertz CT molecular complexity index is 3570. The average molecular weight is 780 g/mol. The highest BCUT2D eigenvalue weighted by Crippen LogP contribution is 2.43. The minimum atomic E-state index is 0.598. The van der Waals surface area contributed by atoms with E-state index in [-0.39, 0.29) is 0 Å². The second-order valence-electron chi connectivity index (χ2n) is 15.6.